The molecule has 2 aliphatic rings. The molecule has 4 rings (SSSR count). The van der Waals surface area contributed by atoms with E-state index in [1.54, 1.807) is 16.8 Å². The largest absolute Gasteiger partial charge is 0.339 e. The molecule has 2 N–H and O–H groups in total. The number of nitrogens with zero attached hydrogens (tertiary/aromatic N) is 2. The standard InChI is InChI=1S/C21H23N3O2.ClH/c1-23-18-10-6-5-9-17(18)21(20(23)26,11-15-7-3-2-4-8-15)12-19(25)24-13-16(22)14-24;/h2-10,16H,11-14,22H2,1H3;1H. The number of carbonyl (C=O) groups excluding carboxylic acids is 2. The minimum atomic E-state index is -0.858. The van der Waals surface area contributed by atoms with Gasteiger partial charge in [0.05, 0.1) is 5.41 Å². The second kappa shape index (κ2) is 7.33. The first-order chi connectivity index (χ1) is 12.5. The number of anilines is 1. The van der Waals surface area contributed by atoms with Crippen LogP contribution in [0.15, 0.2) is 54.6 Å². The molecule has 0 spiro atoms. The molecule has 1 unspecified atom stereocenters. The molecule has 2 aromatic rings. The van der Waals surface area contributed by atoms with E-state index in [0.29, 0.717) is 19.5 Å². The molecule has 2 amide bonds. The molecule has 1 atom stereocenters. The molecule has 2 aliphatic heterocycles. The molecule has 2 heterocycles. The van der Waals surface area contributed by atoms with Crippen LogP contribution in [0.5, 0.6) is 0 Å². The lowest BCUT2D eigenvalue weighted by atomic mass is 9.73. The molecule has 1 saturated heterocycles. The fraction of sp³-hybridized carbons (Fsp3) is 0.333. The zero-order valence-corrected chi connectivity index (χ0v) is 16.1. The molecule has 27 heavy (non-hydrogen) atoms. The average molecular weight is 386 g/mol. The van der Waals surface area contributed by atoms with Crippen molar-refractivity contribution in [3.8, 4) is 0 Å². The third-order valence-corrected chi connectivity index (χ3v) is 5.56. The van der Waals surface area contributed by atoms with E-state index in [1.807, 2.05) is 54.6 Å². The van der Waals surface area contributed by atoms with Crippen LogP contribution in [-0.4, -0.2) is 42.9 Å². The van der Waals surface area contributed by atoms with E-state index in [-0.39, 0.29) is 36.7 Å². The number of benzene rings is 2. The number of nitrogens with two attached hydrogens (primary N) is 1. The fourth-order valence-electron chi connectivity index (χ4n) is 4.15. The van der Waals surface area contributed by atoms with E-state index in [0.717, 1.165) is 16.8 Å². The Kier molecular flexibility index (Phi) is 5.27. The zero-order valence-electron chi connectivity index (χ0n) is 15.3. The van der Waals surface area contributed by atoms with Crippen LogP contribution in [0.1, 0.15) is 17.5 Å². The van der Waals surface area contributed by atoms with Crippen molar-refractivity contribution in [3.63, 3.8) is 0 Å². The van der Waals surface area contributed by atoms with Crippen molar-refractivity contribution in [3.05, 3.63) is 65.7 Å². The maximum Gasteiger partial charge on any atom is 0.238 e. The molecule has 0 aliphatic carbocycles. The van der Waals surface area contributed by atoms with Crippen molar-refractivity contribution in [2.75, 3.05) is 25.0 Å². The SMILES string of the molecule is CN1C(=O)C(CC(=O)N2CC(N)C2)(Cc2ccccc2)c2ccccc21.Cl. The molecule has 5 nitrogen and oxygen atoms in total. The smallest absolute Gasteiger partial charge is 0.238 e. The van der Waals surface area contributed by atoms with E-state index in [4.69, 9.17) is 5.73 Å². The van der Waals surface area contributed by atoms with Crippen LogP contribution in [0.4, 0.5) is 5.69 Å². The predicted octanol–water partition coefficient (Wildman–Crippen LogP) is 2.12. The van der Waals surface area contributed by atoms with Gasteiger partial charge in [-0.25, -0.2) is 0 Å². The Hall–Kier alpha value is -2.37. The van der Waals surface area contributed by atoms with Crippen molar-refractivity contribution in [1.82, 2.24) is 4.90 Å². The van der Waals surface area contributed by atoms with Crippen molar-refractivity contribution in [1.29, 1.82) is 0 Å². The van der Waals surface area contributed by atoms with Gasteiger partial charge in [0, 0.05) is 38.3 Å². The summed E-state index contributed by atoms with van der Waals surface area (Å²) in [6.07, 6.45) is 0.689. The molecular weight excluding hydrogens is 362 g/mol. The summed E-state index contributed by atoms with van der Waals surface area (Å²) in [7, 11) is 1.79. The number of likely N-dealkylation sites (N-methyl/N-ethyl adjacent to an activating group) is 1. The van der Waals surface area contributed by atoms with Crippen LogP contribution in [0.3, 0.4) is 0 Å². The Morgan fingerprint density at radius 3 is 2.41 bits per heavy atom. The highest BCUT2D eigenvalue weighted by atomic mass is 35.5. The number of fused-ring (bicyclic) bond motifs is 1. The number of para-hydroxylation sites is 1. The van der Waals surface area contributed by atoms with Gasteiger partial charge in [-0.05, 0) is 23.6 Å². The van der Waals surface area contributed by atoms with E-state index >= 15 is 0 Å². The molecule has 0 radical (unpaired) electrons. The van der Waals surface area contributed by atoms with Crippen molar-refractivity contribution in [2.24, 2.45) is 5.73 Å². The van der Waals surface area contributed by atoms with E-state index in [2.05, 4.69) is 0 Å². The van der Waals surface area contributed by atoms with Gasteiger partial charge in [-0.1, -0.05) is 48.5 Å². The molecule has 1 fully saturated rings. The van der Waals surface area contributed by atoms with Crippen LogP contribution >= 0.6 is 12.4 Å². The number of amides is 2. The lowest BCUT2D eigenvalue weighted by Gasteiger charge is -2.39. The summed E-state index contributed by atoms with van der Waals surface area (Å²) in [5, 5.41) is 0. The van der Waals surface area contributed by atoms with E-state index in [9.17, 15) is 9.59 Å². The van der Waals surface area contributed by atoms with Crippen LogP contribution in [-0.2, 0) is 21.4 Å². The van der Waals surface area contributed by atoms with Crippen molar-refractivity contribution in [2.45, 2.75) is 24.3 Å². The highest BCUT2D eigenvalue weighted by Crippen LogP contribution is 2.45. The lowest BCUT2D eigenvalue weighted by molar-refractivity contribution is -0.139. The second-order valence-corrected chi connectivity index (χ2v) is 7.36. The molecule has 0 aromatic heterocycles. The quantitative estimate of drug-likeness (QED) is 0.876. The van der Waals surface area contributed by atoms with Gasteiger partial charge in [-0.3, -0.25) is 9.59 Å². The Bertz CT molecular complexity index is 852. The van der Waals surface area contributed by atoms with E-state index in [1.165, 1.54) is 0 Å². The Balaban J connectivity index is 0.00000210. The van der Waals surface area contributed by atoms with Crippen molar-refractivity contribution >= 4 is 29.9 Å². The highest BCUT2D eigenvalue weighted by Gasteiger charge is 2.51. The first-order valence-corrected chi connectivity index (χ1v) is 8.96. The van der Waals surface area contributed by atoms with Gasteiger partial charge in [0.1, 0.15) is 0 Å². The first-order valence-electron chi connectivity index (χ1n) is 8.96. The van der Waals surface area contributed by atoms with Crippen LogP contribution in [0, 0.1) is 0 Å². The molecule has 0 bridgehead atoms. The predicted molar refractivity (Wildman–Crippen MR) is 108 cm³/mol. The number of likely N-dealkylation sites (tertiary alicyclic amines) is 1. The summed E-state index contributed by atoms with van der Waals surface area (Å²) in [6, 6.07) is 17.8. The van der Waals surface area contributed by atoms with E-state index < -0.39 is 5.41 Å². The van der Waals surface area contributed by atoms with Gasteiger partial charge in [0.15, 0.2) is 0 Å². The van der Waals surface area contributed by atoms with Gasteiger partial charge < -0.3 is 15.5 Å². The third kappa shape index (κ3) is 3.22. The lowest BCUT2D eigenvalue weighted by Crippen LogP contribution is -2.59. The van der Waals surface area contributed by atoms with Crippen LogP contribution in [0.2, 0.25) is 0 Å². The summed E-state index contributed by atoms with van der Waals surface area (Å²) in [5.41, 5.74) is 7.85. The minimum Gasteiger partial charge on any atom is -0.339 e. The summed E-state index contributed by atoms with van der Waals surface area (Å²) in [6.45, 7) is 1.15. The summed E-state index contributed by atoms with van der Waals surface area (Å²) in [5.74, 6) is -0.0122. The Morgan fingerprint density at radius 2 is 1.74 bits per heavy atom. The molecule has 0 saturated carbocycles. The first kappa shape index (κ1) is 19.4. The third-order valence-electron chi connectivity index (χ3n) is 5.56. The number of rotatable bonds is 4. The highest BCUT2D eigenvalue weighted by molar-refractivity contribution is 6.10. The fourth-order valence-corrected chi connectivity index (χ4v) is 4.15. The van der Waals surface area contributed by atoms with Gasteiger partial charge in [-0.2, -0.15) is 0 Å². The van der Waals surface area contributed by atoms with Gasteiger partial charge >= 0.3 is 0 Å². The molecule has 6 heteroatoms. The van der Waals surface area contributed by atoms with Crippen molar-refractivity contribution < 1.29 is 9.59 Å². The monoisotopic (exact) mass is 385 g/mol. The van der Waals surface area contributed by atoms with Crippen LogP contribution < -0.4 is 10.6 Å². The number of halogens is 1. The van der Waals surface area contributed by atoms with Crippen LogP contribution in [0.25, 0.3) is 0 Å². The Labute approximate surface area is 165 Å². The summed E-state index contributed by atoms with van der Waals surface area (Å²) >= 11 is 0. The summed E-state index contributed by atoms with van der Waals surface area (Å²) < 4.78 is 0. The zero-order chi connectivity index (χ0) is 18.3. The molecular formula is C21H24ClN3O2. The number of hydrogen-bond acceptors (Lipinski definition) is 3. The maximum absolute atomic E-state index is 13.3. The average Bonchev–Trinajstić information content (AvgIpc) is 2.83. The molecule has 2 aromatic carbocycles. The van der Waals surface area contributed by atoms with Gasteiger partial charge in [0.25, 0.3) is 0 Å². The van der Waals surface area contributed by atoms with Gasteiger partial charge in [-0.15, -0.1) is 12.4 Å². The molecule has 142 valence electrons. The topological polar surface area (TPSA) is 66.6 Å². The normalized spacial score (nSPS) is 21.5. The second-order valence-electron chi connectivity index (χ2n) is 7.36. The number of hydrogen-bond donors (Lipinski definition) is 1. The Morgan fingerprint density at radius 1 is 1.11 bits per heavy atom. The van der Waals surface area contributed by atoms with Gasteiger partial charge in [0.2, 0.25) is 11.8 Å². The maximum atomic E-state index is 13.3. The summed E-state index contributed by atoms with van der Waals surface area (Å²) in [4.78, 5) is 29.7. The minimum absolute atomic E-state index is 0. The number of carbonyl (C=O) groups is 2.